The van der Waals surface area contributed by atoms with Gasteiger partial charge in [-0.1, -0.05) is 6.58 Å². The molecule has 3 rings (SSSR count). The zero-order valence-corrected chi connectivity index (χ0v) is 11.7. The second-order valence-electron chi connectivity index (χ2n) is 6.27. The Morgan fingerprint density at radius 3 is 2.85 bits per heavy atom. The van der Waals surface area contributed by atoms with Gasteiger partial charge in [0.15, 0.2) is 0 Å². The highest BCUT2D eigenvalue weighted by atomic mass is 16.6. The molecule has 0 radical (unpaired) electrons. The van der Waals surface area contributed by atoms with Crippen molar-refractivity contribution in [2.24, 2.45) is 5.92 Å². The summed E-state index contributed by atoms with van der Waals surface area (Å²) in [7, 11) is 0. The normalized spacial score (nSPS) is 50.6. The largest absolute Gasteiger partial charge is 0.454 e. The van der Waals surface area contributed by atoms with Gasteiger partial charge in [-0.25, -0.2) is 4.79 Å². The minimum Gasteiger partial charge on any atom is -0.454 e. The molecule has 1 aliphatic carbocycles. The lowest BCUT2D eigenvalue weighted by atomic mass is 9.82. The van der Waals surface area contributed by atoms with E-state index < -0.39 is 35.8 Å². The molecule has 0 unspecified atom stereocenters. The molecule has 0 bridgehead atoms. The Bertz CT molecular complexity index is 496. The first-order valence-corrected chi connectivity index (χ1v) is 6.94. The van der Waals surface area contributed by atoms with Gasteiger partial charge in [0.05, 0.1) is 29.8 Å². The summed E-state index contributed by atoms with van der Waals surface area (Å²) in [5.41, 5.74) is 0.589. The van der Waals surface area contributed by atoms with E-state index in [1.54, 1.807) is 13.0 Å². The number of hydrogen-bond acceptors (Lipinski definition) is 5. The number of carbonyl (C=O) groups is 1. The Morgan fingerprint density at radius 2 is 2.15 bits per heavy atom. The predicted octanol–water partition coefficient (Wildman–Crippen LogP) is 0.704. The number of hydrogen-bond donors (Lipinski definition) is 2. The maximum absolute atomic E-state index is 11.7. The first-order valence-electron chi connectivity index (χ1n) is 6.94. The third kappa shape index (κ3) is 2.10. The number of fused-ring (bicyclic) bond motifs is 2. The van der Waals surface area contributed by atoms with Gasteiger partial charge < -0.3 is 19.7 Å². The molecule has 5 nitrogen and oxygen atoms in total. The highest BCUT2D eigenvalue weighted by molar-refractivity contribution is 5.91. The van der Waals surface area contributed by atoms with Crippen LogP contribution in [0.15, 0.2) is 23.8 Å². The smallest absolute Gasteiger partial charge is 0.334 e. The summed E-state index contributed by atoms with van der Waals surface area (Å²) in [6.07, 6.45) is 0.654. The third-order valence-corrected chi connectivity index (χ3v) is 4.72. The van der Waals surface area contributed by atoms with Crippen LogP contribution in [-0.2, 0) is 14.3 Å². The van der Waals surface area contributed by atoms with Crippen LogP contribution in [0.25, 0.3) is 0 Å². The molecule has 0 saturated carbocycles. The fourth-order valence-corrected chi connectivity index (χ4v) is 3.26. The molecule has 2 aliphatic heterocycles. The Labute approximate surface area is 117 Å². The Balaban J connectivity index is 1.96. The van der Waals surface area contributed by atoms with Crippen molar-refractivity contribution in [3.63, 3.8) is 0 Å². The van der Waals surface area contributed by atoms with E-state index in [0.717, 1.165) is 5.57 Å². The van der Waals surface area contributed by atoms with Crippen molar-refractivity contribution in [1.82, 2.24) is 0 Å². The van der Waals surface area contributed by atoms with Crippen LogP contribution in [0.1, 0.15) is 26.7 Å². The first kappa shape index (κ1) is 13.8. The van der Waals surface area contributed by atoms with Crippen molar-refractivity contribution >= 4 is 5.97 Å². The van der Waals surface area contributed by atoms with Crippen molar-refractivity contribution in [3.8, 4) is 0 Å². The van der Waals surface area contributed by atoms with Gasteiger partial charge in [-0.2, -0.15) is 0 Å². The fourth-order valence-electron chi connectivity index (χ4n) is 3.26. The van der Waals surface area contributed by atoms with Crippen molar-refractivity contribution in [1.29, 1.82) is 0 Å². The molecule has 0 aromatic rings. The minimum absolute atomic E-state index is 0.0571. The Morgan fingerprint density at radius 1 is 1.45 bits per heavy atom. The van der Waals surface area contributed by atoms with E-state index in [9.17, 15) is 15.0 Å². The number of aliphatic hydroxyl groups excluding tert-OH is 2. The van der Waals surface area contributed by atoms with Gasteiger partial charge in [0, 0.05) is 18.4 Å². The number of rotatable bonds is 0. The maximum Gasteiger partial charge on any atom is 0.334 e. The van der Waals surface area contributed by atoms with E-state index >= 15 is 0 Å². The van der Waals surface area contributed by atoms with Gasteiger partial charge in [-0.3, -0.25) is 0 Å². The standard InChI is InChI=1S/C15H20O5/c1-7-4-11-13(8(2)14(18)19-11)10(17)6-15(3)12(20-15)5-9(7)16/h4,9-13,16-17H,2,5-6H2,1,3H3/b7-4-/t9-,10+,11-,12+,13+,15-/m0/s1. The lowest BCUT2D eigenvalue weighted by molar-refractivity contribution is -0.137. The van der Waals surface area contributed by atoms with Gasteiger partial charge in [-0.15, -0.1) is 0 Å². The molecule has 0 amide bonds. The predicted molar refractivity (Wildman–Crippen MR) is 70.8 cm³/mol. The number of carbonyl (C=O) groups excluding carboxylic acids is 1. The molecule has 2 saturated heterocycles. The molecule has 6 atom stereocenters. The lowest BCUT2D eigenvalue weighted by Gasteiger charge is -2.25. The highest BCUT2D eigenvalue weighted by Gasteiger charge is 2.56. The van der Waals surface area contributed by atoms with Crippen LogP contribution in [0.3, 0.4) is 0 Å². The van der Waals surface area contributed by atoms with E-state index in [1.807, 2.05) is 6.92 Å². The Hall–Kier alpha value is -1.17. The van der Waals surface area contributed by atoms with Crippen molar-refractivity contribution < 1.29 is 24.5 Å². The van der Waals surface area contributed by atoms with Gasteiger partial charge in [-0.05, 0) is 25.5 Å². The Kier molecular flexibility index (Phi) is 3.04. The quantitative estimate of drug-likeness (QED) is 0.295. The van der Waals surface area contributed by atoms with Crippen LogP contribution < -0.4 is 0 Å². The van der Waals surface area contributed by atoms with Gasteiger partial charge in [0.25, 0.3) is 0 Å². The molecule has 20 heavy (non-hydrogen) atoms. The fraction of sp³-hybridized carbons (Fsp3) is 0.667. The van der Waals surface area contributed by atoms with Crippen molar-refractivity contribution in [2.75, 3.05) is 0 Å². The summed E-state index contributed by atoms with van der Waals surface area (Å²) < 4.78 is 10.9. The van der Waals surface area contributed by atoms with Crippen LogP contribution >= 0.6 is 0 Å². The summed E-state index contributed by atoms with van der Waals surface area (Å²) >= 11 is 0. The molecular weight excluding hydrogens is 260 g/mol. The third-order valence-electron chi connectivity index (χ3n) is 4.72. The van der Waals surface area contributed by atoms with Crippen LogP contribution in [0.2, 0.25) is 0 Å². The summed E-state index contributed by atoms with van der Waals surface area (Å²) in [6.45, 7) is 7.45. The molecule has 0 aromatic heterocycles. The molecule has 2 N–H and O–H groups in total. The second kappa shape index (κ2) is 4.41. The van der Waals surface area contributed by atoms with Crippen molar-refractivity contribution in [3.05, 3.63) is 23.8 Å². The molecule has 3 aliphatic rings. The molecule has 0 aromatic carbocycles. The number of epoxide rings is 1. The maximum atomic E-state index is 11.7. The molecule has 0 spiro atoms. The summed E-state index contributed by atoms with van der Waals surface area (Å²) in [5, 5.41) is 20.6. The number of aliphatic hydroxyl groups is 2. The molecule has 5 heteroatoms. The lowest BCUT2D eigenvalue weighted by Crippen LogP contribution is -2.34. The van der Waals surface area contributed by atoms with Crippen molar-refractivity contribution in [2.45, 2.75) is 56.7 Å². The van der Waals surface area contributed by atoms with Crippen LogP contribution in [-0.4, -0.2) is 46.2 Å². The topological polar surface area (TPSA) is 79.3 Å². The van der Waals surface area contributed by atoms with E-state index in [4.69, 9.17) is 9.47 Å². The SMILES string of the molecule is C=C1C(=O)O[C@H]2/C=C(/C)[C@@H](O)C[C@H]3O[C@@]3(C)C[C@@H](O)[C@@H]12. The summed E-state index contributed by atoms with van der Waals surface area (Å²) in [4.78, 5) is 11.7. The molecular formula is C15H20O5. The first-order chi connectivity index (χ1) is 9.32. The van der Waals surface area contributed by atoms with Gasteiger partial charge in [0.1, 0.15) is 6.10 Å². The van der Waals surface area contributed by atoms with E-state index in [2.05, 4.69) is 6.58 Å². The van der Waals surface area contributed by atoms with Crippen LogP contribution in [0.4, 0.5) is 0 Å². The van der Waals surface area contributed by atoms with Gasteiger partial charge in [0.2, 0.25) is 0 Å². The zero-order chi connectivity index (χ0) is 14.7. The average molecular weight is 280 g/mol. The van der Waals surface area contributed by atoms with Crippen LogP contribution in [0, 0.1) is 5.92 Å². The van der Waals surface area contributed by atoms with E-state index in [-0.39, 0.29) is 6.10 Å². The summed E-state index contributed by atoms with van der Waals surface area (Å²) in [5.74, 6) is -0.945. The highest BCUT2D eigenvalue weighted by Crippen LogP contribution is 2.46. The average Bonchev–Trinajstić information content (AvgIpc) is 2.87. The number of esters is 1. The monoisotopic (exact) mass is 280 g/mol. The second-order valence-corrected chi connectivity index (χ2v) is 6.27. The van der Waals surface area contributed by atoms with E-state index in [1.165, 1.54) is 0 Å². The number of ether oxygens (including phenoxy) is 2. The molecule has 2 fully saturated rings. The minimum atomic E-state index is -0.742. The summed E-state index contributed by atoms with van der Waals surface area (Å²) in [6, 6.07) is 0. The zero-order valence-electron chi connectivity index (χ0n) is 11.7. The van der Waals surface area contributed by atoms with Gasteiger partial charge >= 0.3 is 5.97 Å². The molecule has 2 heterocycles. The van der Waals surface area contributed by atoms with E-state index in [0.29, 0.717) is 18.4 Å². The molecule has 110 valence electrons. The van der Waals surface area contributed by atoms with Crippen LogP contribution in [0.5, 0.6) is 0 Å².